The second-order valence-electron chi connectivity index (χ2n) is 6.81. The molecule has 0 spiro atoms. The normalized spacial score (nSPS) is 19.4. The Bertz CT molecular complexity index is 867. The first kappa shape index (κ1) is 18.9. The van der Waals surface area contributed by atoms with Gasteiger partial charge in [0.2, 0.25) is 10.0 Å². The van der Waals surface area contributed by atoms with E-state index >= 15 is 0 Å². The maximum absolute atomic E-state index is 13.0. The number of ether oxygens (including phenoxy) is 1. The number of nitrogens with zero attached hydrogens (tertiary/aromatic N) is 2. The average molecular weight is 375 g/mol. The highest BCUT2D eigenvalue weighted by Crippen LogP contribution is 2.28. The highest BCUT2D eigenvalue weighted by molar-refractivity contribution is 7.88. The third-order valence-corrected chi connectivity index (χ3v) is 6.88. The van der Waals surface area contributed by atoms with E-state index in [4.69, 9.17) is 4.74 Å². The average Bonchev–Trinajstić information content (AvgIpc) is 2.63. The monoisotopic (exact) mass is 374 g/mol. The van der Waals surface area contributed by atoms with Gasteiger partial charge in [0.1, 0.15) is 5.75 Å². The van der Waals surface area contributed by atoms with Gasteiger partial charge in [-0.2, -0.15) is 4.31 Å². The van der Waals surface area contributed by atoms with E-state index in [1.165, 1.54) is 0 Å². The molecule has 0 aliphatic carbocycles. The van der Waals surface area contributed by atoms with Crippen LogP contribution >= 0.6 is 0 Å². The first-order valence-corrected chi connectivity index (χ1v) is 10.4. The third kappa shape index (κ3) is 4.09. The smallest absolute Gasteiger partial charge is 0.218 e. The Balaban J connectivity index is 1.81. The van der Waals surface area contributed by atoms with Crippen LogP contribution in [0.1, 0.15) is 22.7 Å². The molecule has 0 radical (unpaired) electrons. The van der Waals surface area contributed by atoms with Crippen molar-refractivity contribution in [2.75, 3.05) is 33.8 Å². The number of hydrogen-bond donors (Lipinski definition) is 0. The quantitative estimate of drug-likeness (QED) is 0.808. The molecule has 1 saturated heterocycles. The van der Waals surface area contributed by atoms with Crippen LogP contribution in [0.5, 0.6) is 5.75 Å². The predicted molar refractivity (Wildman–Crippen MR) is 104 cm³/mol. The van der Waals surface area contributed by atoms with Gasteiger partial charge < -0.3 is 4.74 Å². The van der Waals surface area contributed by atoms with Gasteiger partial charge in [0, 0.05) is 25.7 Å². The zero-order valence-electron chi connectivity index (χ0n) is 15.6. The molecule has 2 aromatic rings. The molecule has 1 unspecified atom stereocenters. The molecule has 0 amide bonds. The minimum absolute atomic E-state index is 0.0190. The lowest BCUT2D eigenvalue weighted by Gasteiger charge is -2.39. The van der Waals surface area contributed by atoms with Gasteiger partial charge in [-0.25, -0.2) is 8.42 Å². The fourth-order valence-electron chi connectivity index (χ4n) is 3.37. The van der Waals surface area contributed by atoms with Crippen LogP contribution in [0.2, 0.25) is 0 Å². The minimum Gasteiger partial charge on any atom is -0.497 e. The van der Waals surface area contributed by atoms with Crippen molar-refractivity contribution in [3.05, 3.63) is 65.2 Å². The number of hydrogen-bond acceptors (Lipinski definition) is 4. The highest BCUT2D eigenvalue weighted by Gasteiger charge is 2.32. The van der Waals surface area contributed by atoms with Crippen molar-refractivity contribution in [2.24, 2.45) is 0 Å². The summed E-state index contributed by atoms with van der Waals surface area (Å²) >= 11 is 0. The van der Waals surface area contributed by atoms with E-state index in [-0.39, 0.29) is 11.8 Å². The lowest BCUT2D eigenvalue weighted by atomic mass is 10.0. The first-order chi connectivity index (χ1) is 12.4. The van der Waals surface area contributed by atoms with Gasteiger partial charge in [-0.3, -0.25) is 4.90 Å². The molecule has 1 aliphatic rings. The lowest BCUT2D eigenvalue weighted by molar-refractivity contribution is 0.148. The van der Waals surface area contributed by atoms with Gasteiger partial charge in [-0.15, -0.1) is 0 Å². The van der Waals surface area contributed by atoms with E-state index in [2.05, 4.69) is 4.90 Å². The Morgan fingerprint density at radius 1 is 1.12 bits per heavy atom. The summed E-state index contributed by atoms with van der Waals surface area (Å²) in [6, 6.07) is 15.5. The number of rotatable bonds is 5. The third-order valence-electron chi connectivity index (χ3n) is 5.08. The minimum atomic E-state index is -3.36. The number of sulfonamides is 1. The zero-order chi connectivity index (χ0) is 18.7. The van der Waals surface area contributed by atoms with Crippen LogP contribution in [0.15, 0.2) is 48.5 Å². The molecular formula is C20H26N2O3S. The van der Waals surface area contributed by atoms with E-state index < -0.39 is 10.0 Å². The highest BCUT2D eigenvalue weighted by atomic mass is 32.2. The zero-order valence-corrected chi connectivity index (χ0v) is 16.4. The number of piperazine rings is 1. The molecule has 1 fully saturated rings. The van der Waals surface area contributed by atoms with Crippen molar-refractivity contribution in [1.29, 1.82) is 0 Å². The van der Waals surface area contributed by atoms with Crippen molar-refractivity contribution in [2.45, 2.75) is 18.7 Å². The van der Waals surface area contributed by atoms with Gasteiger partial charge >= 0.3 is 0 Å². The Morgan fingerprint density at radius 2 is 1.88 bits per heavy atom. The molecule has 1 heterocycles. The van der Waals surface area contributed by atoms with E-state index in [9.17, 15) is 8.42 Å². The summed E-state index contributed by atoms with van der Waals surface area (Å²) < 4.78 is 32.9. The molecular weight excluding hydrogens is 348 g/mol. The Hall–Kier alpha value is -1.89. The molecule has 3 rings (SSSR count). The van der Waals surface area contributed by atoms with Crippen LogP contribution in [0.3, 0.4) is 0 Å². The molecule has 6 heteroatoms. The van der Waals surface area contributed by atoms with E-state index in [1.807, 2.05) is 62.5 Å². The van der Waals surface area contributed by atoms with Crippen LogP contribution in [-0.2, 0) is 15.8 Å². The van der Waals surface area contributed by atoms with Crippen LogP contribution < -0.4 is 4.74 Å². The van der Waals surface area contributed by atoms with Crippen LogP contribution in [0, 0.1) is 6.92 Å². The van der Waals surface area contributed by atoms with Gasteiger partial charge in [-0.05, 0) is 42.8 Å². The molecule has 1 aliphatic heterocycles. The molecule has 0 bridgehead atoms. The maximum Gasteiger partial charge on any atom is 0.218 e. The summed E-state index contributed by atoms with van der Waals surface area (Å²) in [5, 5.41) is 0. The van der Waals surface area contributed by atoms with Gasteiger partial charge in [0.05, 0.1) is 12.9 Å². The Morgan fingerprint density at radius 3 is 2.62 bits per heavy atom. The standard InChI is InChI=1S/C20H26N2O3S/c1-16-7-4-5-8-18(16)15-26(23,24)22-12-11-21(2)20(14-22)17-9-6-10-19(13-17)25-3/h4-10,13,20H,11-12,14-15H2,1-3H3. The van der Waals surface area contributed by atoms with Crippen molar-refractivity contribution in [3.8, 4) is 5.75 Å². The molecule has 5 nitrogen and oxygen atoms in total. The maximum atomic E-state index is 13.0. The summed E-state index contributed by atoms with van der Waals surface area (Å²) in [5.41, 5.74) is 2.95. The molecule has 0 saturated carbocycles. The topological polar surface area (TPSA) is 49.9 Å². The van der Waals surface area contributed by atoms with Crippen molar-refractivity contribution in [3.63, 3.8) is 0 Å². The second-order valence-corrected chi connectivity index (χ2v) is 8.78. The van der Waals surface area contributed by atoms with Crippen molar-refractivity contribution in [1.82, 2.24) is 9.21 Å². The Labute approximate surface area is 156 Å². The van der Waals surface area contributed by atoms with Crippen molar-refractivity contribution >= 4 is 10.0 Å². The SMILES string of the molecule is COc1cccc(C2CN(S(=O)(=O)Cc3ccccc3C)CCN2C)c1. The predicted octanol–water partition coefficient (Wildman–Crippen LogP) is 2.82. The summed E-state index contributed by atoms with van der Waals surface area (Å²) in [7, 11) is 0.315. The largest absolute Gasteiger partial charge is 0.497 e. The van der Waals surface area contributed by atoms with E-state index in [0.717, 1.165) is 22.4 Å². The second kappa shape index (κ2) is 7.78. The number of likely N-dealkylation sites (N-methyl/N-ethyl adjacent to an activating group) is 1. The van der Waals surface area contributed by atoms with Gasteiger partial charge in [0.25, 0.3) is 0 Å². The summed E-state index contributed by atoms with van der Waals surface area (Å²) in [6.45, 7) is 3.63. The van der Waals surface area contributed by atoms with Gasteiger partial charge in [-0.1, -0.05) is 36.4 Å². The number of benzene rings is 2. The summed E-state index contributed by atoms with van der Waals surface area (Å²) in [5.74, 6) is 0.838. The Kier molecular flexibility index (Phi) is 5.65. The van der Waals surface area contributed by atoms with Crippen LogP contribution in [-0.4, -0.2) is 51.4 Å². The fraction of sp³-hybridized carbons (Fsp3) is 0.400. The first-order valence-electron chi connectivity index (χ1n) is 8.77. The van der Waals surface area contributed by atoms with E-state index in [1.54, 1.807) is 11.4 Å². The molecule has 2 aromatic carbocycles. The summed E-state index contributed by atoms with van der Waals surface area (Å²) in [4.78, 5) is 2.20. The molecule has 0 aromatic heterocycles. The fourth-order valence-corrected chi connectivity index (χ4v) is 5.00. The van der Waals surface area contributed by atoms with Crippen LogP contribution in [0.4, 0.5) is 0 Å². The molecule has 140 valence electrons. The molecule has 0 N–H and O–H groups in total. The number of methoxy groups -OCH3 is 1. The molecule has 1 atom stereocenters. The molecule has 26 heavy (non-hydrogen) atoms. The van der Waals surface area contributed by atoms with Crippen LogP contribution in [0.25, 0.3) is 0 Å². The van der Waals surface area contributed by atoms with Crippen molar-refractivity contribution < 1.29 is 13.2 Å². The number of aryl methyl sites for hydroxylation is 1. The lowest BCUT2D eigenvalue weighted by Crippen LogP contribution is -2.49. The van der Waals surface area contributed by atoms with E-state index in [0.29, 0.717) is 19.6 Å². The summed E-state index contributed by atoms with van der Waals surface area (Å²) in [6.07, 6.45) is 0. The van der Waals surface area contributed by atoms with Gasteiger partial charge in [0.15, 0.2) is 0 Å².